The molecule has 0 saturated heterocycles. The number of aromatic nitrogens is 1. The second-order valence-electron chi connectivity index (χ2n) is 2.64. The van der Waals surface area contributed by atoms with Crippen LogP contribution < -0.4 is 4.18 Å². The van der Waals surface area contributed by atoms with Crippen molar-refractivity contribution in [2.45, 2.75) is 0 Å². The van der Waals surface area contributed by atoms with Gasteiger partial charge in [0, 0.05) is 11.6 Å². The second kappa shape index (κ2) is 3.73. The minimum Gasteiger partial charge on any atom is -0.359 e. The first-order valence-electron chi connectivity index (χ1n) is 3.90. The van der Waals surface area contributed by atoms with Gasteiger partial charge in [-0.25, -0.2) is 4.98 Å². The van der Waals surface area contributed by atoms with E-state index in [-0.39, 0.29) is 5.88 Å². The van der Waals surface area contributed by atoms with Crippen molar-refractivity contribution in [2.24, 2.45) is 0 Å². The lowest BCUT2D eigenvalue weighted by molar-refractivity contribution is 0.452. The SMILES string of the molecule is O=S(O)Oc1nccc2ccccc12. The zero-order chi connectivity index (χ0) is 9.97. The topological polar surface area (TPSA) is 59.4 Å². The van der Waals surface area contributed by atoms with Gasteiger partial charge in [-0.3, -0.25) is 4.55 Å². The summed E-state index contributed by atoms with van der Waals surface area (Å²) in [6.45, 7) is 0. The molecule has 0 amide bonds. The summed E-state index contributed by atoms with van der Waals surface area (Å²) in [4.78, 5) is 3.87. The van der Waals surface area contributed by atoms with Crippen molar-refractivity contribution in [3.63, 3.8) is 0 Å². The van der Waals surface area contributed by atoms with Gasteiger partial charge < -0.3 is 4.18 Å². The highest BCUT2D eigenvalue weighted by molar-refractivity contribution is 7.74. The minimum atomic E-state index is -2.34. The van der Waals surface area contributed by atoms with Gasteiger partial charge in [0.05, 0.1) is 0 Å². The van der Waals surface area contributed by atoms with E-state index >= 15 is 0 Å². The van der Waals surface area contributed by atoms with Crippen LogP contribution in [0.15, 0.2) is 36.5 Å². The van der Waals surface area contributed by atoms with Crippen molar-refractivity contribution < 1.29 is 12.9 Å². The molecule has 0 aliphatic heterocycles. The Morgan fingerprint density at radius 2 is 2.07 bits per heavy atom. The number of hydrogen-bond donors (Lipinski definition) is 1. The number of pyridine rings is 1. The van der Waals surface area contributed by atoms with Crippen molar-refractivity contribution in [3.8, 4) is 5.88 Å². The van der Waals surface area contributed by atoms with Gasteiger partial charge in [0.1, 0.15) is 0 Å². The molecule has 1 aromatic carbocycles. The van der Waals surface area contributed by atoms with E-state index in [0.29, 0.717) is 0 Å². The van der Waals surface area contributed by atoms with Crippen LogP contribution in [-0.4, -0.2) is 13.7 Å². The summed E-state index contributed by atoms with van der Waals surface area (Å²) in [6, 6.07) is 9.16. The zero-order valence-electron chi connectivity index (χ0n) is 7.08. The summed E-state index contributed by atoms with van der Waals surface area (Å²) >= 11 is -2.34. The first-order chi connectivity index (χ1) is 6.77. The van der Waals surface area contributed by atoms with Gasteiger partial charge in [-0.1, -0.05) is 18.2 Å². The fourth-order valence-electron chi connectivity index (χ4n) is 1.23. The molecule has 2 aromatic rings. The molecule has 0 radical (unpaired) electrons. The summed E-state index contributed by atoms with van der Waals surface area (Å²) in [6.07, 6.45) is 1.53. The standard InChI is InChI=1S/C9H7NO3S/c11-14(12)13-9-8-4-2-1-3-7(8)5-6-10-9/h1-6H,(H,11,12). The molecule has 5 heteroatoms. The molecule has 1 atom stereocenters. The van der Waals surface area contributed by atoms with E-state index in [1.54, 1.807) is 6.07 Å². The Labute approximate surface area is 83.0 Å². The normalized spacial score (nSPS) is 12.6. The molecule has 0 bridgehead atoms. The van der Waals surface area contributed by atoms with E-state index in [2.05, 4.69) is 9.17 Å². The fourth-order valence-corrected chi connectivity index (χ4v) is 1.49. The Morgan fingerprint density at radius 1 is 1.29 bits per heavy atom. The van der Waals surface area contributed by atoms with Gasteiger partial charge in [-0.2, -0.15) is 4.21 Å². The number of fused-ring (bicyclic) bond motifs is 1. The van der Waals surface area contributed by atoms with Crippen LogP contribution in [0.2, 0.25) is 0 Å². The van der Waals surface area contributed by atoms with E-state index in [1.165, 1.54) is 6.20 Å². The maximum atomic E-state index is 10.5. The Kier molecular flexibility index (Phi) is 2.43. The van der Waals surface area contributed by atoms with Crippen molar-refractivity contribution in [2.75, 3.05) is 0 Å². The first-order valence-corrected chi connectivity index (χ1v) is 4.93. The highest BCUT2D eigenvalue weighted by atomic mass is 32.2. The first kappa shape index (κ1) is 9.11. The average molecular weight is 209 g/mol. The molecule has 2 rings (SSSR count). The van der Waals surface area contributed by atoms with Crippen LogP contribution in [0.3, 0.4) is 0 Å². The van der Waals surface area contributed by atoms with Crippen molar-refractivity contribution in [1.82, 2.24) is 4.98 Å². The molecule has 14 heavy (non-hydrogen) atoms. The number of hydrogen-bond acceptors (Lipinski definition) is 3. The molecule has 1 aromatic heterocycles. The molecule has 1 heterocycles. The predicted octanol–water partition coefficient (Wildman–Crippen LogP) is 1.75. The zero-order valence-corrected chi connectivity index (χ0v) is 7.90. The highest BCUT2D eigenvalue weighted by Gasteiger charge is 2.04. The van der Waals surface area contributed by atoms with Gasteiger partial charge in [-0.05, 0) is 17.5 Å². The van der Waals surface area contributed by atoms with Gasteiger partial charge in [0.2, 0.25) is 5.88 Å². The fraction of sp³-hybridized carbons (Fsp3) is 0. The Morgan fingerprint density at radius 3 is 2.86 bits per heavy atom. The molecule has 72 valence electrons. The number of rotatable bonds is 2. The Balaban J connectivity index is 2.59. The lowest BCUT2D eigenvalue weighted by Crippen LogP contribution is -1.99. The van der Waals surface area contributed by atoms with Crippen LogP contribution in [0.1, 0.15) is 0 Å². The van der Waals surface area contributed by atoms with E-state index in [0.717, 1.165) is 10.8 Å². The van der Waals surface area contributed by atoms with E-state index in [4.69, 9.17) is 4.55 Å². The lowest BCUT2D eigenvalue weighted by Gasteiger charge is -2.02. The Bertz CT molecular complexity index is 481. The molecular weight excluding hydrogens is 202 g/mol. The van der Waals surface area contributed by atoms with Crippen molar-refractivity contribution in [1.29, 1.82) is 0 Å². The summed E-state index contributed by atoms with van der Waals surface area (Å²) in [7, 11) is 0. The van der Waals surface area contributed by atoms with Gasteiger partial charge in [0.15, 0.2) is 0 Å². The molecule has 1 N–H and O–H groups in total. The summed E-state index contributed by atoms with van der Waals surface area (Å²) in [5, 5.41) is 1.64. The lowest BCUT2D eigenvalue weighted by atomic mass is 10.2. The summed E-state index contributed by atoms with van der Waals surface area (Å²) in [5.74, 6) is 0.170. The molecule has 0 spiro atoms. The van der Waals surface area contributed by atoms with Crippen LogP contribution >= 0.6 is 0 Å². The summed E-state index contributed by atoms with van der Waals surface area (Å²) < 4.78 is 23.7. The highest BCUT2D eigenvalue weighted by Crippen LogP contribution is 2.22. The van der Waals surface area contributed by atoms with E-state index < -0.39 is 11.4 Å². The van der Waals surface area contributed by atoms with Crippen molar-refractivity contribution >= 4 is 22.1 Å². The summed E-state index contributed by atoms with van der Waals surface area (Å²) in [5.41, 5.74) is 0. The second-order valence-corrected chi connectivity index (χ2v) is 3.24. The van der Waals surface area contributed by atoms with E-state index in [9.17, 15) is 4.21 Å². The molecule has 0 aliphatic carbocycles. The largest absolute Gasteiger partial charge is 0.359 e. The van der Waals surface area contributed by atoms with Gasteiger partial charge >= 0.3 is 11.4 Å². The van der Waals surface area contributed by atoms with E-state index in [1.807, 2.05) is 24.3 Å². The number of nitrogens with zero attached hydrogens (tertiary/aromatic N) is 1. The smallest absolute Gasteiger partial charge is 0.359 e. The maximum Gasteiger partial charge on any atom is 0.359 e. The van der Waals surface area contributed by atoms with Crippen LogP contribution in [0.5, 0.6) is 5.88 Å². The molecule has 0 aliphatic rings. The molecular formula is C9H7NO3S. The van der Waals surface area contributed by atoms with Crippen LogP contribution in [0.25, 0.3) is 10.8 Å². The van der Waals surface area contributed by atoms with Crippen LogP contribution in [0, 0.1) is 0 Å². The molecule has 0 saturated carbocycles. The third-order valence-corrected chi connectivity index (χ3v) is 2.09. The number of benzene rings is 1. The maximum absolute atomic E-state index is 10.5. The molecule has 1 unspecified atom stereocenters. The minimum absolute atomic E-state index is 0.170. The Hall–Kier alpha value is -1.46. The van der Waals surface area contributed by atoms with Crippen molar-refractivity contribution in [3.05, 3.63) is 36.5 Å². The molecule has 0 fully saturated rings. The predicted molar refractivity (Wildman–Crippen MR) is 53.1 cm³/mol. The van der Waals surface area contributed by atoms with Crippen LogP contribution in [-0.2, 0) is 11.4 Å². The molecule has 4 nitrogen and oxygen atoms in total. The van der Waals surface area contributed by atoms with Crippen LogP contribution in [0.4, 0.5) is 0 Å². The monoisotopic (exact) mass is 209 g/mol. The third kappa shape index (κ3) is 1.73. The average Bonchev–Trinajstić information content (AvgIpc) is 2.18. The van der Waals surface area contributed by atoms with Gasteiger partial charge in [0.25, 0.3) is 0 Å². The van der Waals surface area contributed by atoms with Gasteiger partial charge in [-0.15, -0.1) is 0 Å². The quantitative estimate of drug-likeness (QED) is 0.765. The third-order valence-electron chi connectivity index (χ3n) is 1.79.